The van der Waals surface area contributed by atoms with E-state index in [1.165, 1.54) is 17.3 Å². The minimum absolute atomic E-state index is 0.0543. The van der Waals surface area contributed by atoms with Crippen LogP contribution in [0.3, 0.4) is 0 Å². The molecule has 0 aliphatic carbocycles. The minimum Gasteiger partial charge on any atom is -0.325 e. The van der Waals surface area contributed by atoms with E-state index in [-0.39, 0.29) is 11.7 Å². The molecule has 2 heterocycles. The van der Waals surface area contributed by atoms with Crippen LogP contribution in [0.25, 0.3) is 16.8 Å². The van der Waals surface area contributed by atoms with E-state index in [0.717, 1.165) is 33.1 Å². The Morgan fingerprint density at radius 2 is 1.89 bits per heavy atom. The van der Waals surface area contributed by atoms with Crippen molar-refractivity contribution in [2.45, 2.75) is 18.9 Å². The predicted molar refractivity (Wildman–Crippen MR) is 114 cm³/mol. The second-order valence-electron chi connectivity index (χ2n) is 6.61. The molecule has 2 aromatic carbocycles. The lowest BCUT2D eigenvalue weighted by atomic mass is 10.1. The van der Waals surface area contributed by atoms with Crippen molar-refractivity contribution in [3.63, 3.8) is 0 Å². The molecule has 4 rings (SSSR count). The lowest BCUT2D eigenvalue weighted by molar-refractivity contribution is -0.113. The Labute approximate surface area is 167 Å². The van der Waals surface area contributed by atoms with E-state index in [0.29, 0.717) is 0 Å². The van der Waals surface area contributed by atoms with E-state index < -0.39 is 0 Å². The molecule has 1 amide bonds. The topological polar surface area (TPSA) is 59.3 Å². The molecule has 0 unspecified atom stereocenters. The molecule has 0 radical (unpaired) electrons. The summed E-state index contributed by atoms with van der Waals surface area (Å²) in [5, 5.41) is 8.38. The maximum atomic E-state index is 12.4. The summed E-state index contributed by atoms with van der Waals surface area (Å²) in [6.07, 6.45) is 3.53. The maximum Gasteiger partial charge on any atom is 0.234 e. The molecule has 28 heavy (non-hydrogen) atoms. The number of thioether (sulfide) groups is 1. The largest absolute Gasteiger partial charge is 0.325 e. The number of nitrogens with one attached hydrogen (secondary N) is 1. The molecule has 0 spiro atoms. The quantitative estimate of drug-likeness (QED) is 0.502. The number of aromatic nitrogens is 3. The molecule has 0 atom stereocenters. The van der Waals surface area contributed by atoms with Crippen molar-refractivity contribution in [3.8, 4) is 11.3 Å². The van der Waals surface area contributed by atoms with Crippen LogP contribution in [0.2, 0.25) is 0 Å². The number of hydrogen-bond donors (Lipinski definition) is 1. The number of para-hydroxylation sites is 1. The van der Waals surface area contributed by atoms with Crippen LogP contribution in [0, 0.1) is 13.8 Å². The zero-order valence-corrected chi connectivity index (χ0v) is 16.5. The summed E-state index contributed by atoms with van der Waals surface area (Å²) in [5.74, 6) is 0.230. The Balaban J connectivity index is 1.51. The van der Waals surface area contributed by atoms with Crippen molar-refractivity contribution in [2.75, 3.05) is 11.1 Å². The molecule has 6 heteroatoms. The third-order valence-corrected chi connectivity index (χ3v) is 5.46. The first-order chi connectivity index (χ1) is 13.6. The van der Waals surface area contributed by atoms with Crippen molar-refractivity contribution in [1.82, 2.24) is 14.6 Å². The summed E-state index contributed by atoms with van der Waals surface area (Å²) < 4.78 is 1.81. The van der Waals surface area contributed by atoms with Crippen molar-refractivity contribution < 1.29 is 4.79 Å². The number of benzene rings is 2. The molecule has 140 valence electrons. The Bertz CT molecular complexity index is 1130. The lowest BCUT2D eigenvalue weighted by Gasteiger charge is -2.08. The van der Waals surface area contributed by atoms with Gasteiger partial charge in [0.15, 0.2) is 0 Å². The highest BCUT2D eigenvalue weighted by molar-refractivity contribution is 8.00. The molecular weight excluding hydrogens is 368 g/mol. The van der Waals surface area contributed by atoms with Gasteiger partial charge in [-0.1, -0.05) is 59.8 Å². The van der Waals surface area contributed by atoms with Gasteiger partial charge in [-0.05, 0) is 31.5 Å². The van der Waals surface area contributed by atoms with Crippen LogP contribution in [0.1, 0.15) is 11.1 Å². The fourth-order valence-electron chi connectivity index (χ4n) is 2.91. The van der Waals surface area contributed by atoms with Crippen LogP contribution in [-0.2, 0) is 4.79 Å². The van der Waals surface area contributed by atoms with E-state index in [9.17, 15) is 4.79 Å². The number of hydrogen-bond acceptors (Lipinski definition) is 4. The van der Waals surface area contributed by atoms with Crippen molar-refractivity contribution in [2.24, 2.45) is 0 Å². The number of carbonyl (C=O) groups is 1. The maximum absolute atomic E-state index is 12.4. The van der Waals surface area contributed by atoms with E-state index in [1.807, 2.05) is 48.0 Å². The summed E-state index contributed by atoms with van der Waals surface area (Å²) in [7, 11) is 0. The zero-order chi connectivity index (χ0) is 19.5. The number of anilines is 1. The monoisotopic (exact) mass is 388 g/mol. The summed E-state index contributed by atoms with van der Waals surface area (Å²) in [5.41, 5.74) is 5.93. The van der Waals surface area contributed by atoms with E-state index in [1.54, 1.807) is 6.20 Å². The second kappa shape index (κ2) is 7.86. The van der Waals surface area contributed by atoms with Crippen molar-refractivity contribution in [3.05, 3.63) is 78.1 Å². The smallest absolute Gasteiger partial charge is 0.234 e. The highest BCUT2D eigenvalue weighted by Crippen LogP contribution is 2.26. The molecular formula is C22H20N4OS. The van der Waals surface area contributed by atoms with E-state index >= 15 is 0 Å². The zero-order valence-electron chi connectivity index (χ0n) is 15.7. The lowest BCUT2D eigenvalue weighted by Crippen LogP contribution is -2.14. The minimum atomic E-state index is -0.0543. The van der Waals surface area contributed by atoms with Crippen LogP contribution in [-0.4, -0.2) is 26.3 Å². The van der Waals surface area contributed by atoms with Crippen LogP contribution >= 0.6 is 11.8 Å². The summed E-state index contributed by atoms with van der Waals surface area (Å²) in [6.45, 7) is 4.04. The van der Waals surface area contributed by atoms with Crippen LogP contribution < -0.4 is 5.32 Å². The third kappa shape index (κ3) is 3.92. The molecule has 0 bridgehead atoms. The normalized spacial score (nSPS) is 10.9. The van der Waals surface area contributed by atoms with Crippen LogP contribution in [0.5, 0.6) is 0 Å². The standard InChI is InChI=1S/C22H20N4OS/c1-15-7-9-17(10-8-15)19-13-20-22(23-11-12-26(20)25-19)28-14-21(27)24-18-6-4-3-5-16(18)2/h3-13H,14H2,1-2H3,(H,24,27). The molecule has 2 aromatic heterocycles. The Kier molecular flexibility index (Phi) is 5.12. The summed E-state index contributed by atoms with van der Waals surface area (Å²) in [6, 6.07) is 18.0. The Hall–Kier alpha value is -3.12. The first-order valence-corrected chi connectivity index (χ1v) is 9.98. The van der Waals surface area contributed by atoms with Crippen molar-refractivity contribution in [1.29, 1.82) is 0 Å². The molecule has 0 saturated heterocycles. The van der Waals surface area contributed by atoms with E-state index in [2.05, 4.69) is 46.6 Å². The number of aryl methyl sites for hydroxylation is 2. The number of nitrogens with zero attached hydrogens (tertiary/aromatic N) is 3. The van der Waals surface area contributed by atoms with Gasteiger partial charge in [0.25, 0.3) is 0 Å². The number of carbonyl (C=O) groups excluding carboxylic acids is 1. The molecule has 0 fully saturated rings. The van der Waals surface area contributed by atoms with Gasteiger partial charge in [-0.15, -0.1) is 0 Å². The first-order valence-electron chi connectivity index (χ1n) is 9.00. The third-order valence-electron chi connectivity index (χ3n) is 4.46. The number of rotatable bonds is 5. The molecule has 1 N–H and O–H groups in total. The molecule has 0 saturated carbocycles. The summed E-state index contributed by atoms with van der Waals surface area (Å²) in [4.78, 5) is 16.8. The Morgan fingerprint density at radius 3 is 2.68 bits per heavy atom. The number of fused-ring (bicyclic) bond motifs is 1. The average molecular weight is 388 g/mol. The van der Waals surface area contributed by atoms with Gasteiger partial charge in [0.05, 0.1) is 17.0 Å². The SMILES string of the molecule is Cc1ccc(-c2cc3c(SCC(=O)Nc4ccccc4C)nccn3n2)cc1. The van der Waals surface area contributed by atoms with Gasteiger partial charge in [-0.2, -0.15) is 5.10 Å². The fraction of sp³-hybridized carbons (Fsp3) is 0.136. The van der Waals surface area contributed by atoms with E-state index in [4.69, 9.17) is 0 Å². The fourth-order valence-corrected chi connectivity index (χ4v) is 3.68. The highest BCUT2D eigenvalue weighted by Gasteiger charge is 2.12. The van der Waals surface area contributed by atoms with Gasteiger partial charge in [0.1, 0.15) is 5.03 Å². The van der Waals surface area contributed by atoms with Crippen LogP contribution in [0.4, 0.5) is 5.69 Å². The predicted octanol–water partition coefficient (Wildman–Crippen LogP) is 4.74. The van der Waals surface area contributed by atoms with Crippen molar-refractivity contribution >= 4 is 28.9 Å². The number of amides is 1. The van der Waals surface area contributed by atoms with Gasteiger partial charge >= 0.3 is 0 Å². The molecule has 0 aliphatic rings. The molecule has 5 nitrogen and oxygen atoms in total. The second-order valence-corrected chi connectivity index (χ2v) is 7.57. The van der Waals surface area contributed by atoms with Gasteiger partial charge in [-0.3, -0.25) is 4.79 Å². The highest BCUT2D eigenvalue weighted by atomic mass is 32.2. The van der Waals surface area contributed by atoms with Crippen LogP contribution in [0.15, 0.2) is 72.0 Å². The van der Waals surface area contributed by atoms with Gasteiger partial charge in [-0.25, -0.2) is 9.50 Å². The average Bonchev–Trinajstić information content (AvgIpc) is 3.13. The van der Waals surface area contributed by atoms with Gasteiger partial charge in [0.2, 0.25) is 5.91 Å². The van der Waals surface area contributed by atoms with Gasteiger partial charge < -0.3 is 5.32 Å². The molecule has 0 aliphatic heterocycles. The molecule has 4 aromatic rings. The summed E-state index contributed by atoms with van der Waals surface area (Å²) >= 11 is 1.41. The first kappa shape index (κ1) is 18.3. The van der Waals surface area contributed by atoms with Gasteiger partial charge in [0, 0.05) is 23.6 Å². The Morgan fingerprint density at radius 1 is 1.11 bits per heavy atom.